The molecule has 0 radical (unpaired) electrons. The van der Waals surface area contributed by atoms with Crippen LogP contribution in [0.1, 0.15) is 45.5 Å². The summed E-state index contributed by atoms with van der Waals surface area (Å²) in [6.45, 7) is 8.44. The Kier molecular flexibility index (Phi) is 3.17. The van der Waals surface area contributed by atoms with Crippen LogP contribution in [0, 0.1) is 0 Å². The third-order valence-corrected chi connectivity index (χ3v) is 2.48. The third kappa shape index (κ3) is 2.33. The van der Waals surface area contributed by atoms with Crippen LogP contribution in [0.2, 0.25) is 0 Å². The van der Waals surface area contributed by atoms with E-state index >= 15 is 0 Å². The molecule has 0 aliphatic heterocycles. The van der Waals surface area contributed by atoms with Gasteiger partial charge < -0.3 is 0 Å². The normalized spacial score (nSPS) is 11.4. The molecule has 17 heavy (non-hydrogen) atoms. The van der Waals surface area contributed by atoms with Gasteiger partial charge in [-0.25, -0.2) is 19.6 Å². The van der Waals surface area contributed by atoms with E-state index in [1.165, 1.54) is 6.33 Å². The van der Waals surface area contributed by atoms with Crippen molar-refractivity contribution in [2.75, 3.05) is 0 Å². The van der Waals surface area contributed by atoms with E-state index in [9.17, 15) is 0 Å². The standard InChI is InChI=1S/C12H17N5/c1-8(2)12-15-11(16-17(12)9(3)4)10-5-13-7-14-6-10/h5-9H,1-4H3. The zero-order chi connectivity index (χ0) is 12.4. The number of aromatic nitrogens is 5. The van der Waals surface area contributed by atoms with Crippen molar-refractivity contribution in [3.63, 3.8) is 0 Å². The predicted octanol–water partition coefficient (Wildman–Crippen LogP) is 2.44. The topological polar surface area (TPSA) is 56.5 Å². The van der Waals surface area contributed by atoms with Gasteiger partial charge in [-0.2, -0.15) is 5.10 Å². The molecule has 5 nitrogen and oxygen atoms in total. The second-order valence-electron chi connectivity index (χ2n) is 4.61. The van der Waals surface area contributed by atoms with Crippen LogP contribution in [0.4, 0.5) is 0 Å². The summed E-state index contributed by atoms with van der Waals surface area (Å²) in [4.78, 5) is 12.6. The van der Waals surface area contributed by atoms with Gasteiger partial charge in [-0.05, 0) is 13.8 Å². The van der Waals surface area contributed by atoms with Crippen LogP contribution in [-0.4, -0.2) is 24.7 Å². The average molecular weight is 231 g/mol. The maximum Gasteiger partial charge on any atom is 0.184 e. The van der Waals surface area contributed by atoms with Crippen LogP contribution in [0.3, 0.4) is 0 Å². The van der Waals surface area contributed by atoms with E-state index in [1.807, 2.05) is 4.68 Å². The summed E-state index contributed by atoms with van der Waals surface area (Å²) in [6.07, 6.45) is 4.97. The molecule has 0 aliphatic rings. The fourth-order valence-electron chi connectivity index (χ4n) is 1.65. The lowest BCUT2D eigenvalue weighted by molar-refractivity contribution is 0.493. The predicted molar refractivity (Wildman–Crippen MR) is 65.5 cm³/mol. The van der Waals surface area contributed by atoms with Gasteiger partial charge in [0.25, 0.3) is 0 Å². The fourth-order valence-corrected chi connectivity index (χ4v) is 1.65. The maximum absolute atomic E-state index is 4.57. The number of hydrogen-bond acceptors (Lipinski definition) is 4. The van der Waals surface area contributed by atoms with Crippen molar-refractivity contribution < 1.29 is 0 Å². The summed E-state index contributed by atoms with van der Waals surface area (Å²) in [5.74, 6) is 2.05. The lowest BCUT2D eigenvalue weighted by Crippen LogP contribution is -2.09. The fraction of sp³-hybridized carbons (Fsp3) is 0.500. The zero-order valence-electron chi connectivity index (χ0n) is 10.6. The van der Waals surface area contributed by atoms with Gasteiger partial charge in [0.15, 0.2) is 5.82 Å². The van der Waals surface area contributed by atoms with E-state index in [0.717, 1.165) is 11.4 Å². The Balaban J connectivity index is 2.48. The first-order valence-corrected chi connectivity index (χ1v) is 5.81. The molecule has 0 fully saturated rings. The van der Waals surface area contributed by atoms with E-state index in [-0.39, 0.29) is 0 Å². The molecular formula is C12H17N5. The Morgan fingerprint density at radius 1 is 1.06 bits per heavy atom. The highest BCUT2D eigenvalue weighted by Crippen LogP contribution is 2.21. The van der Waals surface area contributed by atoms with E-state index in [4.69, 9.17) is 0 Å². The van der Waals surface area contributed by atoms with Crippen molar-refractivity contribution in [3.05, 3.63) is 24.5 Å². The first-order chi connectivity index (χ1) is 8.09. The molecule has 0 saturated heterocycles. The highest BCUT2D eigenvalue weighted by Gasteiger charge is 2.16. The highest BCUT2D eigenvalue weighted by atomic mass is 15.4. The molecule has 90 valence electrons. The lowest BCUT2D eigenvalue weighted by atomic mass is 10.2. The summed E-state index contributed by atoms with van der Waals surface area (Å²) in [6, 6.07) is 0.304. The van der Waals surface area contributed by atoms with Gasteiger partial charge in [0.05, 0.1) is 5.56 Å². The first kappa shape index (κ1) is 11.7. The number of hydrogen-bond donors (Lipinski definition) is 0. The van der Waals surface area contributed by atoms with Crippen molar-refractivity contribution in [1.29, 1.82) is 0 Å². The molecule has 0 spiro atoms. The van der Waals surface area contributed by atoms with Crippen molar-refractivity contribution in [3.8, 4) is 11.4 Å². The van der Waals surface area contributed by atoms with Gasteiger partial charge in [0.1, 0.15) is 12.2 Å². The summed E-state index contributed by atoms with van der Waals surface area (Å²) < 4.78 is 1.97. The smallest absolute Gasteiger partial charge is 0.184 e. The Hall–Kier alpha value is -1.78. The van der Waals surface area contributed by atoms with Crippen molar-refractivity contribution in [2.24, 2.45) is 0 Å². The molecule has 0 aliphatic carbocycles. The van der Waals surface area contributed by atoms with Gasteiger partial charge in [-0.1, -0.05) is 13.8 Å². The second-order valence-corrected chi connectivity index (χ2v) is 4.61. The molecule has 0 N–H and O–H groups in total. The van der Waals surface area contributed by atoms with Crippen LogP contribution in [0.25, 0.3) is 11.4 Å². The molecule has 2 aromatic rings. The van der Waals surface area contributed by atoms with Crippen LogP contribution < -0.4 is 0 Å². The summed E-state index contributed by atoms with van der Waals surface area (Å²) in [5.41, 5.74) is 0.855. The van der Waals surface area contributed by atoms with Crippen LogP contribution in [0.15, 0.2) is 18.7 Å². The molecule has 2 heterocycles. The number of nitrogens with zero attached hydrogens (tertiary/aromatic N) is 5. The molecule has 2 rings (SSSR count). The molecular weight excluding hydrogens is 214 g/mol. The minimum Gasteiger partial charge on any atom is -0.247 e. The third-order valence-electron chi connectivity index (χ3n) is 2.48. The van der Waals surface area contributed by atoms with Crippen molar-refractivity contribution in [1.82, 2.24) is 24.7 Å². The summed E-state index contributed by atoms with van der Waals surface area (Å²) in [5, 5.41) is 4.53. The Labute approximate surface area is 101 Å². The van der Waals surface area contributed by atoms with Gasteiger partial charge in [-0.3, -0.25) is 0 Å². The SMILES string of the molecule is CC(C)c1nc(-c2cncnc2)nn1C(C)C. The molecule has 5 heteroatoms. The van der Waals surface area contributed by atoms with Crippen molar-refractivity contribution >= 4 is 0 Å². The van der Waals surface area contributed by atoms with Crippen LogP contribution >= 0.6 is 0 Å². The molecule has 0 amide bonds. The summed E-state index contributed by atoms with van der Waals surface area (Å²) in [7, 11) is 0. The Bertz CT molecular complexity index is 461. The monoisotopic (exact) mass is 231 g/mol. The van der Waals surface area contributed by atoms with Gasteiger partial charge in [0, 0.05) is 24.4 Å². The molecule has 0 atom stereocenters. The highest BCUT2D eigenvalue weighted by molar-refractivity contribution is 5.51. The Morgan fingerprint density at radius 3 is 2.18 bits per heavy atom. The quantitative estimate of drug-likeness (QED) is 0.814. The lowest BCUT2D eigenvalue weighted by Gasteiger charge is -2.10. The molecule has 0 unspecified atom stereocenters. The first-order valence-electron chi connectivity index (χ1n) is 5.81. The number of rotatable bonds is 3. The van der Waals surface area contributed by atoms with Gasteiger partial charge >= 0.3 is 0 Å². The van der Waals surface area contributed by atoms with Crippen LogP contribution in [-0.2, 0) is 0 Å². The van der Waals surface area contributed by atoms with E-state index in [0.29, 0.717) is 17.8 Å². The minimum atomic E-state index is 0.304. The van der Waals surface area contributed by atoms with E-state index < -0.39 is 0 Å². The molecule has 0 bridgehead atoms. The van der Waals surface area contributed by atoms with Gasteiger partial charge in [0.2, 0.25) is 0 Å². The van der Waals surface area contributed by atoms with E-state index in [2.05, 4.69) is 47.7 Å². The van der Waals surface area contributed by atoms with Crippen molar-refractivity contribution in [2.45, 2.75) is 39.7 Å². The molecule has 0 saturated carbocycles. The molecule has 0 aromatic carbocycles. The molecule has 2 aromatic heterocycles. The average Bonchev–Trinajstić information content (AvgIpc) is 2.75. The zero-order valence-corrected chi connectivity index (χ0v) is 10.6. The minimum absolute atomic E-state index is 0.304. The van der Waals surface area contributed by atoms with Gasteiger partial charge in [-0.15, -0.1) is 0 Å². The summed E-state index contributed by atoms with van der Waals surface area (Å²) >= 11 is 0. The largest absolute Gasteiger partial charge is 0.247 e. The Morgan fingerprint density at radius 2 is 1.71 bits per heavy atom. The maximum atomic E-state index is 4.57. The second kappa shape index (κ2) is 4.61. The van der Waals surface area contributed by atoms with E-state index in [1.54, 1.807) is 12.4 Å². The van der Waals surface area contributed by atoms with Crippen LogP contribution in [0.5, 0.6) is 0 Å².